The number of rotatable bonds is 5. The van der Waals surface area contributed by atoms with Gasteiger partial charge in [-0.15, -0.1) is 0 Å². The molecule has 6 heteroatoms. The van der Waals surface area contributed by atoms with Crippen molar-refractivity contribution >= 4 is 0 Å². The summed E-state index contributed by atoms with van der Waals surface area (Å²) in [7, 11) is 1.95. The molecule has 134 valence electrons. The van der Waals surface area contributed by atoms with Crippen LogP contribution < -0.4 is 0 Å². The fourth-order valence-corrected chi connectivity index (χ4v) is 3.71. The van der Waals surface area contributed by atoms with E-state index in [2.05, 4.69) is 38.3 Å². The van der Waals surface area contributed by atoms with Crippen molar-refractivity contribution in [3.05, 3.63) is 66.4 Å². The maximum Gasteiger partial charge on any atom is 0.0968 e. The highest BCUT2D eigenvalue weighted by atomic mass is 16.3. The smallest absolute Gasteiger partial charge is 0.0968 e. The molecule has 2 atom stereocenters. The molecule has 0 amide bonds. The molecule has 1 aliphatic rings. The van der Waals surface area contributed by atoms with Gasteiger partial charge in [0.2, 0.25) is 0 Å². The number of benzene rings is 1. The molecule has 0 radical (unpaired) electrons. The van der Waals surface area contributed by atoms with Gasteiger partial charge in [0.05, 0.1) is 17.5 Å². The van der Waals surface area contributed by atoms with Crippen molar-refractivity contribution in [3.8, 4) is 11.3 Å². The number of likely N-dealkylation sites (tertiary alicyclic amines) is 1. The highest BCUT2D eigenvalue weighted by Gasteiger charge is 2.32. The van der Waals surface area contributed by atoms with E-state index in [4.69, 9.17) is 0 Å². The van der Waals surface area contributed by atoms with E-state index in [9.17, 15) is 5.11 Å². The number of hydrogen-bond acceptors (Lipinski definition) is 5. The Labute approximate surface area is 153 Å². The number of aromatic nitrogens is 4. The van der Waals surface area contributed by atoms with Crippen LogP contribution in [0.1, 0.15) is 11.3 Å². The number of hydrogen-bond donors (Lipinski definition) is 1. The average molecular weight is 349 g/mol. The SMILES string of the molecule is Cn1cc(CN2C[C@@H](Cc3cnccn3)[C@H](O)C2)c(-c2ccccc2)n1. The molecule has 1 aromatic carbocycles. The lowest BCUT2D eigenvalue weighted by molar-refractivity contribution is 0.140. The molecule has 0 aliphatic carbocycles. The molecule has 1 saturated heterocycles. The van der Waals surface area contributed by atoms with Crippen molar-refractivity contribution in [2.45, 2.75) is 19.1 Å². The topological polar surface area (TPSA) is 67.1 Å². The number of aryl methyl sites for hydroxylation is 1. The van der Waals surface area contributed by atoms with E-state index >= 15 is 0 Å². The van der Waals surface area contributed by atoms with Crippen molar-refractivity contribution in [3.63, 3.8) is 0 Å². The molecule has 0 unspecified atom stereocenters. The first-order chi connectivity index (χ1) is 12.7. The zero-order valence-corrected chi connectivity index (χ0v) is 14.9. The normalized spacial score (nSPS) is 20.5. The van der Waals surface area contributed by atoms with Crippen LogP contribution >= 0.6 is 0 Å². The van der Waals surface area contributed by atoms with E-state index < -0.39 is 0 Å². The summed E-state index contributed by atoms with van der Waals surface area (Å²) in [5, 5.41) is 15.1. The highest BCUT2D eigenvalue weighted by molar-refractivity contribution is 5.62. The van der Waals surface area contributed by atoms with Gasteiger partial charge in [0.1, 0.15) is 0 Å². The third kappa shape index (κ3) is 3.66. The second-order valence-electron chi connectivity index (χ2n) is 6.97. The molecule has 1 N–H and O–H groups in total. The van der Waals surface area contributed by atoms with Crippen LogP contribution in [0, 0.1) is 5.92 Å². The van der Waals surface area contributed by atoms with Gasteiger partial charge >= 0.3 is 0 Å². The van der Waals surface area contributed by atoms with Gasteiger partial charge in [0, 0.05) is 68.5 Å². The van der Waals surface area contributed by atoms with Gasteiger partial charge in [-0.3, -0.25) is 19.5 Å². The van der Waals surface area contributed by atoms with Gasteiger partial charge in [-0.2, -0.15) is 5.10 Å². The van der Waals surface area contributed by atoms with Crippen LogP contribution in [0.25, 0.3) is 11.3 Å². The number of β-amino-alcohol motifs (C(OH)–C–C–N with tert-alkyl or cyclic N) is 1. The zero-order valence-electron chi connectivity index (χ0n) is 14.9. The first-order valence-electron chi connectivity index (χ1n) is 8.92. The molecule has 2 aromatic heterocycles. The lowest BCUT2D eigenvalue weighted by Crippen LogP contribution is -2.21. The molecule has 6 nitrogen and oxygen atoms in total. The summed E-state index contributed by atoms with van der Waals surface area (Å²) in [6.07, 6.45) is 7.65. The molecule has 26 heavy (non-hydrogen) atoms. The summed E-state index contributed by atoms with van der Waals surface area (Å²) in [5.41, 5.74) is 4.26. The minimum Gasteiger partial charge on any atom is -0.391 e. The van der Waals surface area contributed by atoms with Crippen LogP contribution in [0.5, 0.6) is 0 Å². The minimum absolute atomic E-state index is 0.184. The van der Waals surface area contributed by atoms with Crippen molar-refractivity contribution in [1.29, 1.82) is 0 Å². The van der Waals surface area contributed by atoms with Crippen LogP contribution in [0.2, 0.25) is 0 Å². The van der Waals surface area contributed by atoms with Gasteiger partial charge in [0.15, 0.2) is 0 Å². The van der Waals surface area contributed by atoms with E-state index in [1.807, 2.05) is 29.9 Å². The van der Waals surface area contributed by atoms with Crippen LogP contribution in [-0.4, -0.2) is 48.9 Å². The number of aliphatic hydroxyl groups is 1. The molecule has 3 heterocycles. The third-order valence-corrected chi connectivity index (χ3v) is 4.92. The second-order valence-corrected chi connectivity index (χ2v) is 6.97. The maximum absolute atomic E-state index is 10.5. The molecule has 0 bridgehead atoms. The molecular weight excluding hydrogens is 326 g/mol. The van der Waals surface area contributed by atoms with E-state index in [1.165, 1.54) is 5.56 Å². The number of nitrogens with zero attached hydrogens (tertiary/aromatic N) is 5. The molecule has 3 aromatic rings. The van der Waals surface area contributed by atoms with Gasteiger partial charge < -0.3 is 5.11 Å². The first-order valence-corrected chi connectivity index (χ1v) is 8.92. The number of aliphatic hydroxyl groups excluding tert-OH is 1. The Morgan fingerprint density at radius 3 is 2.77 bits per heavy atom. The second kappa shape index (κ2) is 7.35. The highest BCUT2D eigenvalue weighted by Crippen LogP contribution is 2.26. The summed E-state index contributed by atoms with van der Waals surface area (Å²) < 4.78 is 1.86. The van der Waals surface area contributed by atoms with Crippen molar-refractivity contribution in [2.75, 3.05) is 13.1 Å². The summed E-state index contributed by atoms with van der Waals surface area (Å²) >= 11 is 0. The summed E-state index contributed by atoms with van der Waals surface area (Å²) in [6.45, 7) is 2.31. The summed E-state index contributed by atoms with van der Waals surface area (Å²) in [4.78, 5) is 10.8. The Kier molecular flexibility index (Phi) is 4.77. The van der Waals surface area contributed by atoms with E-state index in [-0.39, 0.29) is 12.0 Å². The zero-order chi connectivity index (χ0) is 17.9. The fraction of sp³-hybridized carbons (Fsp3) is 0.350. The van der Waals surface area contributed by atoms with Crippen LogP contribution in [0.15, 0.2) is 55.1 Å². The average Bonchev–Trinajstić information content (AvgIpc) is 3.19. The fourth-order valence-electron chi connectivity index (χ4n) is 3.71. The quantitative estimate of drug-likeness (QED) is 0.762. The lowest BCUT2D eigenvalue weighted by Gasteiger charge is -2.15. The van der Waals surface area contributed by atoms with Crippen molar-refractivity contribution in [2.24, 2.45) is 13.0 Å². The molecule has 1 fully saturated rings. The molecule has 0 spiro atoms. The van der Waals surface area contributed by atoms with Crippen molar-refractivity contribution in [1.82, 2.24) is 24.6 Å². The van der Waals surface area contributed by atoms with Gasteiger partial charge in [0.25, 0.3) is 0 Å². The van der Waals surface area contributed by atoms with Crippen LogP contribution in [0.3, 0.4) is 0 Å². The van der Waals surface area contributed by atoms with E-state index in [0.29, 0.717) is 6.54 Å². The Hall–Kier alpha value is -2.57. The van der Waals surface area contributed by atoms with Crippen LogP contribution in [0.4, 0.5) is 0 Å². The monoisotopic (exact) mass is 349 g/mol. The largest absolute Gasteiger partial charge is 0.391 e. The third-order valence-electron chi connectivity index (χ3n) is 4.92. The maximum atomic E-state index is 10.5. The first kappa shape index (κ1) is 16.9. The van der Waals surface area contributed by atoms with Gasteiger partial charge in [-0.05, 0) is 6.42 Å². The van der Waals surface area contributed by atoms with Crippen LogP contribution in [-0.2, 0) is 20.0 Å². The van der Waals surface area contributed by atoms with E-state index in [1.54, 1.807) is 18.6 Å². The van der Waals surface area contributed by atoms with Gasteiger partial charge in [-0.25, -0.2) is 0 Å². The Morgan fingerprint density at radius 1 is 1.15 bits per heavy atom. The predicted octanol–water partition coefficient (Wildman–Crippen LogP) is 1.91. The predicted molar refractivity (Wildman–Crippen MR) is 99.2 cm³/mol. The Morgan fingerprint density at radius 2 is 2.00 bits per heavy atom. The van der Waals surface area contributed by atoms with E-state index in [0.717, 1.165) is 36.5 Å². The molecule has 0 saturated carbocycles. The minimum atomic E-state index is -0.339. The lowest BCUT2D eigenvalue weighted by atomic mass is 10.0. The summed E-state index contributed by atoms with van der Waals surface area (Å²) in [5.74, 6) is 0.184. The standard InChI is InChI=1S/C20H23N5O/c1-24-11-17(20(23-24)15-5-3-2-4-6-15)13-25-12-16(19(26)14-25)9-18-10-21-7-8-22-18/h2-8,10-11,16,19,26H,9,12-14H2,1H3/t16-,19-/m1/s1. The molecular formula is C20H23N5O. The molecule has 1 aliphatic heterocycles. The van der Waals surface area contributed by atoms with Gasteiger partial charge in [-0.1, -0.05) is 30.3 Å². The summed E-state index contributed by atoms with van der Waals surface area (Å²) in [6, 6.07) is 10.2. The Balaban J connectivity index is 1.47. The van der Waals surface area contributed by atoms with Crippen molar-refractivity contribution < 1.29 is 5.11 Å². The molecule has 4 rings (SSSR count). The Bertz CT molecular complexity index is 849.